The molecule has 0 rings (SSSR count). The van der Waals surface area contributed by atoms with Crippen molar-refractivity contribution < 1.29 is 19.1 Å². The molecule has 0 aliphatic rings. The van der Waals surface area contributed by atoms with E-state index in [1.807, 2.05) is 34.6 Å². The number of amides is 1. The maximum absolute atomic E-state index is 13.0. The SMILES string of the molecule is CCOC(=O)/C(C)=C/[C@H](C(C)C)N(C)C(=O)C(N[B]C=O)C(C)(C)C. The zero-order valence-corrected chi connectivity index (χ0v) is 16.8. The molecule has 0 saturated carbocycles. The molecule has 0 aromatic carbocycles. The Hall–Kier alpha value is -1.63. The Morgan fingerprint density at radius 3 is 2.24 bits per heavy atom. The van der Waals surface area contributed by atoms with Crippen molar-refractivity contribution in [2.45, 2.75) is 60.5 Å². The van der Waals surface area contributed by atoms with E-state index in [-0.39, 0.29) is 29.3 Å². The van der Waals surface area contributed by atoms with Crippen molar-refractivity contribution in [3.63, 3.8) is 0 Å². The Morgan fingerprint density at radius 1 is 1.28 bits per heavy atom. The Kier molecular flexibility index (Phi) is 9.71. The van der Waals surface area contributed by atoms with Gasteiger partial charge in [-0.25, -0.2) is 4.79 Å². The van der Waals surface area contributed by atoms with Gasteiger partial charge in [0.1, 0.15) is 0 Å². The highest BCUT2D eigenvalue weighted by molar-refractivity contribution is 6.64. The van der Waals surface area contributed by atoms with Crippen LogP contribution in [-0.4, -0.2) is 56.1 Å². The maximum Gasteiger partial charge on any atom is 0.333 e. The molecule has 7 heteroatoms. The van der Waals surface area contributed by atoms with Gasteiger partial charge in [0.05, 0.1) is 24.9 Å². The second kappa shape index (κ2) is 10.4. The molecule has 1 unspecified atom stereocenters. The lowest BCUT2D eigenvalue weighted by molar-refractivity contribution is -0.139. The van der Waals surface area contributed by atoms with E-state index in [2.05, 4.69) is 5.23 Å². The molecule has 1 radical (unpaired) electrons. The van der Waals surface area contributed by atoms with Crippen molar-refractivity contribution in [1.82, 2.24) is 10.1 Å². The lowest BCUT2D eigenvalue weighted by Crippen LogP contribution is -2.56. The van der Waals surface area contributed by atoms with Crippen LogP contribution < -0.4 is 5.23 Å². The first-order valence-electron chi connectivity index (χ1n) is 8.62. The molecular formula is C18H32BN2O4. The number of nitrogens with one attached hydrogen (secondary N) is 1. The lowest BCUT2D eigenvalue weighted by atomic mass is 9.81. The van der Waals surface area contributed by atoms with Gasteiger partial charge in [0.15, 0.2) is 0 Å². The number of hydrogen-bond acceptors (Lipinski definition) is 5. The summed E-state index contributed by atoms with van der Waals surface area (Å²) in [5, 5.41) is 2.88. The van der Waals surface area contributed by atoms with Gasteiger partial charge in [0.2, 0.25) is 5.91 Å². The minimum absolute atomic E-state index is 0.106. The van der Waals surface area contributed by atoms with E-state index < -0.39 is 6.04 Å². The van der Waals surface area contributed by atoms with Crippen molar-refractivity contribution in [3.05, 3.63) is 11.6 Å². The zero-order chi connectivity index (χ0) is 19.8. The molecule has 0 fully saturated rings. The van der Waals surface area contributed by atoms with Crippen molar-refractivity contribution >= 4 is 25.5 Å². The van der Waals surface area contributed by atoms with Crippen LogP contribution in [0.3, 0.4) is 0 Å². The van der Waals surface area contributed by atoms with Crippen LogP contribution in [0.1, 0.15) is 48.5 Å². The van der Waals surface area contributed by atoms with Crippen molar-refractivity contribution in [2.24, 2.45) is 11.3 Å². The summed E-state index contributed by atoms with van der Waals surface area (Å²) in [5.74, 6) is -0.417. The number of carbonyl (C=O) groups excluding carboxylic acids is 3. The molecule has 0 aliphatic carbocycles. The van der Waals surface area contributed by atoms with Gasteiger partial charge >= 0.3 is 5.97 Å². The van der Waals surface area contributed by atoms with E-state index in [0.29, 0.717) is 18.4 Å². The summed E-state index contributed by atoms with van der Waals surface area (Å²) in [5.41, 5.74) is 0.0895. The number of likely N-dealkylation sites (N-methyl/N-ethyl adjacent to an activating group) is 1. The number of ether oxygens (including phenoxy) is 1. The summed E-state index contributed by atoms with van der Waals surface area (Å²) in [6, 6.07) is -0.819. The molecular weight excluding hydrogens is 319 g/mol. The summed E-state index contributed by atoms with van der Waals surface area (Å²) >= 11 is 0. The molecule has 6 nitrogen and oxygen atoms in total. The first kappa shape index (κ1) is 23.4. The van der Waals surface area contributed by atoms with E-state index in [1.54, 1.807) is 31.9 Å². The average molecular weight is 351 g/mol. The molecule has 0 aromatic heterocycles. The first-order chi connectivity index (χ1) is 11.5. The van der Waals surface area contributed by atoms with Crippen molar-refractivity contribution in [1.29, 1.82) is 0 Å². The topological polar surface area (TPSA) is 75.7 Å². The van der Waals surface area contributed by atoms with E-state index in [1.165, 1.54) is 7.41 Å². The third kappa shape index (κ3) is 7.42. The summed E-state index contributed by atoms with van der Waals surface area (Å²) in [4.78, 5) is 37.1. The number of nitrogens with zero attached hydrogens (tertiary/aromatic N) is 1. The van der Waals surface area contributed by atoms with Gasteiger partial charge in [-0.2, -0.15) is 0 Å². The van der Waals surface area contributed by atoms with Crippen LogP contribution in [0.2, 0.25) is 0 Å². The average Bonchev–Trinajstić information content (AvgIpc) is 2.50. The summed E-state index contributed by atoms with van der Waals surface area (Å²) < 4.78 is 5.01. The molecule has 0 aliphatic heterocycles. The number of hydrogen-bond donors (Lipinski definition) is 1. The third-order valence-electron chi connectivity index (χ3n) is 3.94. The molecule has 0 heterocycles. The van der Waals surface area contributed by atoms with Crippen molar-refractivity contribution in [2.75, 3.05) is 13.7 Å². The highest BCUT2D eigenvalue weighted by atomic mass is 16.5. The monoisotopic (exact) mass is 351 g/mol. The Morgan fingerprint density at radius 2 is 1.84 bits per heavy atom. The Labute approximate surface area is 152 Å². The summed E-state index contributed by atoms with van der Waals surface area (Å²) in [6.45, 7) is 13.5. The third-order valence-corrected chi connectivity index (χ3v) is 3.94. The van der Waals surface area contributed by atoms with Crippen LogP contribution in [-0.2, 0) is 19.1 Å². The predicted octanol–water partition coefficient (Wildman–Crippen LogP) is 1.79. The standard InChI is InChI=1S/C18H32BN2O4/c1-9-25-17(24)13(4)10-14(12(2)3)21(8)16(23)15(18(5,6)7)20-19-11-22/h10-12,14-15,20H,9H2,1-8H3/b13-10+/t14-,15?/m1/s1. The van der Waals surface area contributed by atoms with E-state index in [4.69, 9.17) is 4.74 Å². The number of rotatable bonds is 9. The highest BCUT2D eigenvalue weighted by Crippen LogP contribution is 2.23. The van der Waals surface area contributed by atoms with Gasteiger partial charge in [-0.15, -0.1) is 0 Å². The Bertz CT molecular complexity index is 498. The fourth-order valence-electron chi connectivity index (χ4n) is 2.50. The number of carbonyl (C=O) groups is 3. The second-order valence-electron chi connectivity index (χ2n) is 7.52. The molecule has 2 atom stereocenters. The number of esters is 1. The molecule has 25 heavy (non-hydrogen) atoms. The molecule has 0 saturated heterocycles. The van der Waals surface area contributed by atoms with Crippen molar-refractivity contribution in [3.8, 4) is 0 Å². The van der Waals surface area contributed by atoms with E-state index in [9.17, 15) is 14.4 Å². The molecule has 1 amide bonds. The zero-order valence-electron chi connectivity index (χ0n) is 16.8. The normalized spacial score (nSPS) is 14.7. The Balaban J connectivity index is 5.53. The minimum atomic E-state index is -0.555. The first-order valence-corrected chi connectivity index (χ1v) is 8.62. The second-order valence-corrected chi connectivity index (χ2v) is 7.52. The van der Waals surface area contributed by atoms with Crippen LogP contribution in [0.15, 0.2) is 11.6 Å². The van der Waals surface area contributed by atoms with Gasteiger partial charge in [-0.3, -0.25) is 4.79 Å². The van der Waals surface area contributed by atoms with Gasteiger partial charge in [-0.1, -0.05) is 40.7 Å². The highest BCUT2D eigenvalue weighted by Gasteiger charge is 2.35. The van der Waals surface area contributed by atoms with Crippen LogP contribution in [0.4, 0.5) is 0 Å². The van der Waals surface area contributed by atoms with Gasteiger partial charge in [0, 0.05) is 12.6 Å². The molecule has 0 bridgehead atoms. The van der Waals surface area contributed by atoms with Crippen LogP contribution in [0, 0.1) is 11.3 Å². The molecule has 141 valence electrons. The predicted molar refractivity (Wildman–Crippen MR) is 101 cm³/mol. The van der Waals surface area contributed by atoms with E-state index in [0.717, 1.165) is 0 Å². The van der Waals surface area contributed by atoms with Crippen LogP contribution in [0.5, 0.6) is 0 Å². The minimum Gasteiger partial charge on any atom is -0.463 e. The largest absolute Gasteiger partial charge is 0.463 e. The smallest absolute Gasteiger partial charge is 0.333 e. The fourth-order valence-corrected chi connectivity index (χ4v) is 2.50. The molecule has 0 aromatic rings. The lowest BCUT2D eigenvalue weighted by Gasteiger charge is -2.37. The summed E-state index contributed by atoms with van der Waals surface area (Å²) in [7, 11) is 2.95. The van der Waals surface area contributed by atoms with Gasteiger partial charge in [-0.05, 0) is 25.2 Å². The molecule has 0 spiro atoms. The maximum atomic E-state index is 13.0. The van der Waals surface area contributed by atoms with Gasteiger partial charge < -0.3 is 19.7 Å². The van der Waals surface area contributed by atoms with Crippen LogP contribution in [0.25, 0.3) is 0 Å². The van der Waals surface area contributed by atoms with E-state index >= 15 is 0 Å². The van der Waals surface area contributed by atoms with Gasteiger partial charge in [0.25, 0.3) is 7.41 Å². The molecule has 1 N–H and O–H groups in total. The fraction of sp³-hybridized carbons (Fsp3) is 0.722. The summed E-state index contributed by atoms with van der Waals surface area (Å²) in [6.07, 6.45) is 2.39. The quantitative estimate of drug-likeness (QED) is 0.297. The van der Waals surface area contributed by atoms with Crippen LogP contribution >= 0.6 is 0 Å².